The Morgan fingerprint density at radius 2 is 2.25 bits per heavy atom. The van der Waals surface area contributed by atoms with Crippen LogP contribution < -0.4 is 5.32 Å². The molecule has 0 aliphatic carbocycles. The van der Waals surface area contributed by atoms with E-state index in [1.165, 1.54) is 16.8 Å². The van der Waals surface area contributed by atoms with Gasteiger partial charge in [0.05, 0.1) is 23.4 Å². The van der Waals surface area contributed by atoms with Crippen molar-refractivity contribution in [3.8, 4) is 11.8 Å². The quantitative estimate of drug-likeness (QED) is 0.927. The summed E-state index contributed by atoms with van der Waals surface area (Å²) in [7, 11) is 0. The largest absolute Gasteiger partial charge is 0.309 e. The normalized spacial score (nSPS) is 12.2. The Morgan fingerprint density at radius 1 is 1.50 bits per heavy atom. The Labute approximate surface area is 117 Å². The van der Waals surface area contributed by atoms with Gasteiger partial charge in [-0.15, -0.1) is 5.10 Å². The lowest BCUT2D eigenvalue weighted by Crippen LogP contribution is -2.19. The van der Waals surface area contributed by atoms with E-state index in [-0.39, 0.29) is 11.6 Å². The summed E-state index contributed by atoms with van der Waals surface area (Å²) in [6, 6.07) is 6.26. The van der Waals surface area contributed by atoms with E-state index in [2.05, 4.69) is 15.6 Å². The van der Waals surface area contributed by atoms with E-state index in [1.54, 1.807) is 6.07 Å². The molecule has 1 atom stereocenters. The van der Waals surface area contributed by atoms with E-state index in [1.807, 2.05) is 26.8 Å². The van der Waals surface area contributed by atoms with E-state index in [0.717, 1.165) is 17.9 Å². The third kappa shape index (κ3) is 2.53. The van der Waals surface area contributed by atoms with E-state index in [9.17, 15) is 4.39 Å². The Kier molecular flexibility index (Phi) is 4.11. The topological polar surface area (TPSA) is 66.5 Å². The first-order chi connectivity index (χ1) is 9.58. The van der Waals surface area contributed by atoms with E-state index in [4.69, 9.17) is 5.26 Å². The Hall–Kier alpha value is -2.26. The van der Waals surface area contributed by atoms with Crippen LogP contribution in [0.4, 0.5) is 4.39 Å². The van der Waals surface area contributed by atoms with Crippen LogP contribution in [0.5, 0.6) is 0 Å². The average molecular weight is 273 g/mol. The van der Waals surface area contributed by atoms with Crippen molar-refractivity contribution in [2.75, 3.05) is 6.54 Å². The fraction of sp³-hybridized carbons (Fsp3) is 0.357. The van der Waals surface area contributed by atoms with Crippen LogP contribution in [0.3, 0.4) is 0 Å². The number of hydrogen-bond donors (Lipinski definition) is 1. The van der Waals surface area contributed by atoms with Crippen LogP contribution in [-0.4, -0.2) is 21.5 Å². The maximum Gasteiger partial charge on any atom is 0.150 e. The van der Waals surface area contributed by atoms with Gasteiger partial charge in [-0.25, -0.2) is 9.07 Å². The first-order valence-corrected chi connectivity index (χ1v) is 6.44. The minimum absolute atomic E-state index is 0.0511. The second kappa shape index (κ2) is 5.80. The molecule has 2 aromatic rings. The monoisotopic (exact) mass is 273 g/mol. The molecule has 0 fully saturated rings. The van der Waals surface area contributed by atoms with Gasteiger partial charge in [-0.05, 0) is 38.6 Å². The van der Waals surface area contributed by atoms with Crippen LogP contribution >= 0.6 is 0 Å². The number of halogens is 1. The summed E-state index contributed by atoms with van der Waals surface area (Å²) in [5.74, 6) is -0.486. The van der Waals surface area contributed by atoms with Gasteiger partial charge in [0.25, 0.3) is 0 Å². The lowest BCUT2D eigenvalue weighted by molar-refractivity contribution is 0.579. The van der Waals surface area contributed by atoms with Crippen molar-refractivity contribution in [2.45, 2.75) is 26.8 Å². The van der Waals surface area contributed by atoms with Crippen molar-refractivity contribution < 1.29 is 4.39 Å². The van der Waals surface area contributed by atoms with Crippen LogP contribution in [-0.2, 0) is 0 Å². The minimum atomic E-state index is -0.486. The molecule has 0 aliphatic heterocycles. The van der Waals surface area contributed by atoms with E-state index in [0.29, 0.717) is 5.69 Å². The first kappa shape index (κ1) is 14.2. The molecule has 6 heteroatoms. The maximum absolute atomic E-state index is 14.0. The second-order valence-corrected chi connectivity index (χ2v) is 4.53. The van der Waals surface area contributed by atoms with Crippen molar-refractivity contribution in [1.82, 2.24) is 20.3 Å². The third-order valence-corrected chi connectivity index (χ3v) is 3.16. The Bertz CT molecular complexity index is 656. The van der Waals surface area contributed by atoms with Gasteiger partial charge < -0.3 is 5.32 Å². The smallest absolute Gasteiger partial charge is 0.150 e. The highest BCUT2D eigenvalue weighted by atomic mass is 19.1. The summed E-state index contributed by atoms with van der Waals surface area (Å²) in [6.07, 6.45) is 0. The SMILES string of the molecule is CCNC(C)c1nnn(-c2ccc(C#N)cc2F)c1C. The predicted molar refractivity (Wildman–Crippen MR) is 72.9 cm³/mol. The molecule has 1 heterocycles. The molecular weight excluding hydrogens is 257 g/mol. The molecule has 1 unspecified atom stereocenters. The number of nitrogens with zero attached hydrogens (tertiary/aromatic N) is 4. The predicted octanol–water partition coefficient (Wildman–Crippen LogP) is 2.26. The first-order valence-electron chi connectivity index (χ1n) is 6.44. The van der Waals surface area contributed by atoms with E-state index < -0.39 is 5.82 Å². The van der Waals surface area contributed by atoms with Crippen LogP contribution in [0.2, 0.25) is 0 Å². The van der Waals surface area contributed by atoms with Crippen molar-refractivity contribution in [1.29, 1.82) is 5.26 Å². The Balaban J connectivity index is 2.42. The van der Waals surface area contributed by atoms with Crippen LogP contribution in [0.25, 0.3) is 5.69 Å². The zero-order chi connectivity index (χ0) is 14.7. The number of rotatable bonds is 4. The van der Waals surface area contributed by atoms with E-state index >= 15 is 0 Å². The van der Waals surface area contributed by atoms with Gasteiger partial charge in [0.15, 0.2) is 0 Å². The van der Waals surface area contributed by atoms with Crippen molar-refractivity contribution in [3.63, 3.8) is 0 Å². The molecule has 2 rings (SSSR count). The zero-order valence-corrected chi connectivity index (χ0v) is 11.7. The molecule has 0 spiro atoms. The summed E-state index contributed by atoms with van der Waals surface area (Å²) in [6.45, 7) is 6.66. The standard InChI is InChI=1S/C14H16FN5/c1-4-17-9(2)14-10(3)20(19-18-14)13-6-5-11(8-16)7-12(13)15/h5-7,9,17H,4H2,1-3H3. The number of nitriles is 1. The lowest BCUT2D eigenvalue weighted by Gasteiger charge is -2.10. The molecule has 1 N–H and O–H groups in total. The molecule has 1 aromatic carbocycles. The zero-order valence-electron chi connectivity index (χ0n) is 11.7. The molecule has 0 saturated heterocycles. The van der Waals surface area contributed by atoms with Gasteiger partial charge in [0, 0.05) is 0 Å². The molecular formula is C14H16FN5. The highest BCUT2D eigenvalue weighted by molar-refractivity contribution is 5.41. The van der Waals surface area contributed by atoms with Gasteiger partial charge in [-0.3, -0.25) is 0 Å². The van der Waals surface area contributed by atoms with Gasteiger partial charge in [-0.2, -0.15) is 5.26 Å². The van der Waals surface area contributed by atoms with Crippen LogP contribution in [0.1, 0.15) is 36.8 Å². The number of hydrogen-bond acceptors (Lipinski definition) is 4. The van der Waals surface area contributed by atoms with Gasteiger partial charge in [0.2, 0.25) is 0 Å². The van der Waals surface area contributed by atoms with Crippen LogP contribution in [0, 0.1) is 24.1 Å². The fourth-order valence-electron chi connectivity index (χ4n) is 2.12. The molecule has 5 nitrogen and oxygen atoms in total. The molecule has 20 heavy (non-hydrogen) atoms. The van der Waals surface area contributed by atoms with Crippen molar-refractivity contribution in [3.05, 3.63) is 41.0 Å². The van der Waals surface area contributed by atoms with Crippen molar-refractivity contribution in [2.24, 2.45) is 0 Å². The van der Waals surface area contributed by atoms with Crippen LogP contribution in [0.15, 0.2) is 18.2 Å². The van der Waals surface area contributed by atoms with Gasteiger partial charge in [0.1, 0.15) is 17.2 Å². The number of benzene rings is 1. The molecule has 1 aromatic heterocycles. The molecule has 0 bridgehead atoms. The number of aromatic nitrogens is 3. The summed E-state index contributed by atoms with van der Waals surface area (Å²) < 4.78 is 15.5. The average Bonchev–Trinajstić information content (AvgIpc) is 2.80. The highest BCUT2D eigenvalue weighted by Gasteiger charge is 2.17. The molecule has 0 saturated carbocycles. The molecule has 0 radical (unpaired) electrons. The minimum Gasteiger partial charge on any atom is -0.309 e. The second-order valence-electron chi connectivity index (χ2n) is 4.53. The molecule has 0 amide bonds. The summed E-state index contributed by atoms with van der Waals surface area (Å²) in [4.78, 5) is 0. The van der Waals surface area contributed by atoms with Gasteiger partial charge >= 0.3 is 0 Å². The van der Waals surface area contributed by atoms with Crippen molar-refractivity contribution >= 4 is 0 Å². The third-order valence-electron chi connectivity index (χ3n) is 3.16. The summed E-state index contributed by atoms with van der Waals surface area (Å²) in [5.41, 5.74) is 2.15. The lowest BCUT2D eigenvalue weighted by atomic mass is 10.2. The number of nitrogens with one attached hydrogen (secondary N) is 1. The summed E-state index contributed by atoms with van der Waals surface area (Å²) in [5, 5.41) is 20.1. The molecule has 0 aliphatic rings. The van der Waals surface area contributed by atoms with Gasteiger partial charge in [-0.1, -0.05) is 12.1 Å². The molecule has 104 valence electrons. The summed E-state index contributed by atoms with van der Waals surface area (Å²) >= 11 is 0. The maximum atomic E-state index is 14.0. The highest BCUT2D eigenvalue weighted by Crippen LogP contribution is 2.20. The fourth-order valence-corrected chi connectivity index (χ4v) is 2.12. The Morgan fingerprint density at radius 3 is 2.85 bits per heavy atom.